The van der Waals surface area contributed by atoms with Crippen molar-refractivity contribution >= 4 is 17.6 Å². The Labute approximate surface area is 142 Å². The molecule has 0 heterocycles. The number of ketones is 1. The van der Waals surface area contributed by atoms with Gasteiger partial charge in [0.15, 0.2) is 6.10 Å². The monoisotopic (exact) mass is 360 g/mol. The third kappa shape index (κ3) is 6.18. The van der Waals surface area contributed by atoms with Crippen molar-refractivity contribution in [1.29, 1.82) is 0 Å². The highest BCUT2D eigenvalue weighted by Gasteiger charge is 2.31. The highest BCUT2D eigenvalue weighted by molar-refractivity contribution is 5.89. The molecule has 0 aromatic heterocycles. The Morgan fingerprint density at radius 1 is 1.20 bits per heavy atom. The summed E-state index contributed by atoms with van der Waals surface area (Å²) in [5, 5.41) is 12.1. The first kappa shape index (κ1) is 20.6. The van der Waals surface area contributed by atoms with E-state index in [1.807, 2.05) is 0 Å². The second-order valence-corrected chi connectivity index (χ2v) is 5.42. The number of carbonyl (C=O) groups excluding carboxylic acids is 3. The van der Waals surface area contributed by atoms with E-state index in [4.69, 9.17) is 5.73 Å². The van der Waals surface area contributed by atoms with Gasteiger partial charge in [-0.25, -0.2) is 0 Å². The van der Waals surface area contributed by atoms with Gasteiger partial charge in [-0.15, -0.1) is 0 Å². The van der Waals surface area contributed by atoms with Crippen molar-refractivity contribution in [3.8, 4) is 0 Å². The summed E-state index contributed by atoms with van der Waals surface area (Å²) in [6.07, 6.45) is -6.03. The van der Waals surface area contributed by atoms with Crippen LogP contribution in [0.5, 0.6) is 0 Å². The minimum Gasteiger partial charge on any atom is -0.378 e. The molecule has 0 fully saturated rings. The minimum absolute atomic E-state index is 0.0204. The lowest BCUT2D eigenvalue weighted by Gasteiger charge is -2.18. The third-order valence-corrected chi connectivity index (χ3v) is 3.57. The van der Waals surface area contributed by atoms with E-state index in [0.29, 0.717) is 0 Å². The van der Waals surface area contributed by atoms with Gasteiger partial charge in [0.1, 0.15) is 11.8 Å². The van der Waals surface area contributed by atoms with Gasteiger partial charge in [0.2, 0.25) is 5.91 Å². The van der Waals surface area contributed by atoms with Crippen LogP contribution in [0.15, 0.2) is 24.3 Å². The number of hydrogen-bond acceptors (Lipinski definition) is 4. The zero-order valence-electron chi connectivity index (χ0n) is 13.5. The lowest BCUT2D eigenvalue weighted by atomic mass is 10.0. The Kier molecular flexibility index (Phi) is 7.10. The molecule has 0 spiro atoms. The number of Topliss-reactive ketones (excluding diaryl/α,β-unsaturated/α-hetero) is 1. The molecule has 4 N–H and O–H groups in total. The molecule has 25 heavy (non-hydrogen) atoms. The maximum atomic E-state index is 12.5. The maximum Gasteiger partial charge on any atom is 0.416 e. The molecule has 0 saturated carbocycles. The fourth-order valence-electron chi connectivity index (χ4n) is 2.02. The number of amides is 2. The summed E-state index contributed by atoms with van der Waals surface area (Å²) in [6.45, 7) is 1.65. The van der Waals surface area contributed by atoms with Crippen LogP contribution in [0, 0.1) is 0 Å². The lowest BCUT2D eigenvalue weighted by molar-refractivity contribution is -0.137. The molecule has 1 aromatic rings. The SMILES string of the molecule is CCC(=O)CC[C@H](NC(=O)[C@@H](O)c1ccc(C(F)(F)F)cc1)C(N)=O. The first-order chi connectivity index (χ1) is 11.6. The number of benzene rings is 1. The highest BCUT2D eigenvalue weighted by atomic mass is 19.4. The fraction of sp³-hybridized carbons (Fsp3) is 0.438. The van der Waals surface area contributed by atoms with E-state index in [0.717, 1.165) is 24.3 Å². The molecule has 1 aromatic carbocycles. The van der Waals surface area contributed by atoms with Crippen LogP contribution in [-0.4, -0.2) is 28.7 Å². The summed E-state index contributed by atoms with van der Waals surface area (Å²) in [4.78, 5) is 34.6. The Morgan fingerprint density at radius 2 is 1.76 bits per heavy atom. The van der Waals surface area contributed by atoms with Crippen molar-refractivity contribution in [3.63, 3.8) is 0 Å². The van der Waals surface area contributed by atoms with E-state index in [2.05, 4.69) is 5.32 Å². The Bertz CT molecular complexity index is 629. The first-order valence-electron chi connectivity index (χ1n) is 7.52. The molecule has 1 rings (SSSR count). The van der Waals surface area contributed by atoms with E-state index in [9.17, 15) is 32.7 Å². The summed E-state index contributed by atoms with van der Waals surface area (Å²) < 4.78 is 37.5. The molecule has 9 heteroatoms. The van der Waals surface area contributed by atoms with E-state index < -0.39 is 35.7 Å². The normalized spacial score (nSPS) is 13.8. The number of primary amides is 1. The molecule has 0 aliphatic rings. The average molecular weight is 360 g/mol. The fourth-order valence-corrected chi connectivity index (χ4v) is 2.02. The van der Waals surface area contributed by atoms with Crippen LogP contribution in [0.25, 0.3) is 0 Å². The van der Waals surface area contributed by atoms with Gasteiger partial charge in [-0.1, -0.05) is 19.1 Å². The zero-order chi connectivity index (χ0) is 19.2. The second-order valence-electron chi connectivity index (χ2n) is 5.42. The molecule has 0 aliphatic heterocycles. The van der Waals surface area contributed by atoms with Crippen molar-refractivity contribution in [2.24, 2.45) is 5.73 Å². The van der Waals surface area contributed by atoms with E-state index >= 15 is 0 Å². The zero-order valence-corrected chi connectivity index (χ0v) is 13.5. The van der Waals surface area contributed by atoms with Crippen molar-refractivity contribution in [3.05, 3.63) is 35.4 Å². The summed E-state index contributed by atoms with van der Waals surface area (Å²) in [6, 6.07) is 2.24. The van der Waals surface area contributed by atoms with Gasteiger partial charge >= 0.3 is 6.18 Å². The van der Waals surface area contributed by atoms with Crippen LogP contribution in [0.3, 0.4) is 0 Å². The molecule has 0 radical (unpaired) electrons. The van der Waals surface area contributed by atoms with Crippen molar-refractivity contribution in [1.82, 2.24) is 5.32 Å². The largest absolute Gasteiger partial charge is 0.416 e. The number of alkyl halides is 3. The number of aliphatic hydroxyl groups excluding tert-OH is 1. The van der Waals surface area contributed by atoms with Crippen LogP contribution in [0.2, 0.25) is 0 Å². The van der Waals surface area contributed by atoms with Gasteiger partial charge in [-0.2, -0.15) is 13.2 Å². The van der Waals surface area contributed by atoms with Crippen LogP contribution >= 0.6 is 0 Å². The van der Waals surface area contributed by atoms with Crippen molar-refractivity contribution < 1.29 is 32.7 Å². The smallest absolute Gasteiger partial charge is 0.378 e. The predicted molar refractivity (Wildman–Crippen MR) is 82.1 cm³/mol. The summed E-state index contributed by atoms with van der Waals surface area (Å²) in [7, 11) is 0. The first-order valence-corrected chi connectivity index (χ1v) is 7.52. The van der Waals surface area contributed by atoms with Gasteiger partial charge < -0.3 is 16.2 Å². The van der Waals surface area contributed by atoms with Gasteiger partial charge in [-0.3, -0.25) is 14.4 Å². The molecule has 138 valence electrons. The number of halogens is 3. The maximum absolute atomic E-state index is 12.5. The number of nitrogens with one attached hydrogen (secondary N) is 1. The highest BCUT2D eigenvalue weighted by Crippen LogP contribution is 2.29. The van der Waals surface area contributed by atoms with Crippen LogP contribution < -0.4 is 11.1 Å². The Morgan fingerprint density at radius 3 is 2.20 bits per heavy atom. The van der Waals surface area contributed by atoms with Gasteiger partial charge in [0.05, 0.1) is 5.56 Å². The van der Waals surface area contributed by atoms with E-state index in [-0.39, 0.29) is 30.6 Å². The molecular weight excluding hydrogens is 341 g/mol. The van der Waals surface area contributed by atoms with E-state index in [1.165, 1.54) is 0 Å². The summed E-state index contributed by atoms with van der Waals surface area (Å²) in [5.41, 5.74) is 4.16. The summed E-state index contributed by atoms with van der Waals surface area (Å²) in [5.74, 6) is -1.99. The summed E-state index contributed by atoms with van der Waals surface area (Å²) >= 11 is 0. The molecule has 0 aliphatic carbocycles. The Balaban J connectivity index is 2.76. The quantitative estimate of drug-likeness (QED) is 0.652. The standard InChI is InChI=1S/C16H19F3N2O4/c1-2-11(22)7-8-12(14(20)24)21-15(25)13(23)9-3-5-10(6-4-9)16(17,18)19/h3-6,12-13,23H,2,7-8H2,1H3,(H2,20,24)(H,21,25)/t12-,13-/m0/s1. The molecule has 6 nitrogen and oxygen atoms in total. The number of hydrogen-bond donors (Lipinski definition) is 3. The van der Waals surface area contributed by atoms with Crippen molar-refractivity contribution in [2.45, 2.75) is 44.5 Å². The van der Waals surface area contributed by atoms with E-state index in [1.54, 1.807) is 6.92 Å². The molecule has 0 bridgehead atoms. The Hall–Kier alpha value is -2.42. The number of carbonyl (C=O) groups is 3. The number of rotatable bonds is 8. The van der Waals surface area contributed by atoms with Crippen molar-refractivity contribution in [2.75, 3.05) is 0 Å². The third-order valence-electron chi connectivity index (χ3n) is 3.57. The van der Waals surface area contributed by atoms with Crippen LogP contribution in [0.1, 0.15) is 43.4 Å². The lowest BCUT2D eigenvalue weighted by Crippen LogP contribution is -2.46. The molecular formula is C16H19F3N2O4. The topological polar surface area (TPSA) is 109 Å². The molecule has 2 atom stereocenters. The van der Waals surface area contributed by atoms with Gasteiger partial charge in [0, 0.05) is 12.8 Å². The molecule has 2 amide bonds. The molecule has 0 saturated heterocycles. The minimum atomic E-state index is -4.53. The number of aliphatic hydroxyl groups is 1. The van der Waals surface area contributed by atoms with Crippen LogP contribution in [-0.2, 0) is 20.6 Å². The predicted octanol–water partition coefficient (Wildman–Crippen LogP) is 1.47. The van der Waals surface area contributed by atoms with Gasteiger partial charge in [-0.05, 0) is 24.1 Å². The number of nitrogens with two attached hydrogens (primary N) is 1. The van der Waals surface area contributed by atoms with Crippen LogP contribution in [0.4, 0.5) is 13.2 Å². The molecule has 0 unspecified atom stereocenters. The second kappa shape index (κ2) is 8.61. The average Bonchev–Trinajstić information content (AvgIpc) is 2.56. The van der Waals surface area contributed by atoms with Gasteiger partial charge in [0.25, 0.3) is 5.91 Å².